The molecular formula is C14H11N3. The lowest BCUT2D eigenvalue weighted by Gasteiger charge is -2.07. The topological polar surface area (TPSA) is 37.8 Å². The Morgan fingerprint density at radius 3 is 2.53 bits per heavy atom. The molecule has 82 valence electrons. The van der Waals surface area contributed by atoms with Crippen LogP contribution in [0.5, 0.6) is 0 Å². The molecule has 0 aliphatic rings. The summed E-state index contributed by atoms with van der Waals surface area (Å²) in [6, 6.07) is 15.9. The zero-order valence-electron chi connectivity index (χ0n) is 9.17. The quantitative estimate of drug-likeness (QED) is 0.721. The van der Waals surface area contributed by atoms with E-state index in [0.717, 1.165) is 17.0 Å². The molecule has 1 aromatic carbocycles. The molecule has 0 atom stereocenters. The van der Waals surface area contributed by atoms with Crippen molar-refractivity contribution in [2.45, 2.75) is 0 Å². The molecule has 0 unspecified atom stereocenters. The first-order chi connectivity index (χ1) is 8.43. The van der Waals surface area contributed by atoms with Crippen LogP contribution in [-0.4, -0.2) is 9.97 Å². The van der Waals surface area contributed by atoms with Gasteiger partial charge in [-0.15, -0.1) is 0 Å². The van der Waals surface area contributed by atoms with Crippen LogP contribution in [0.4, 0.5) is 11.6 Å². The normalized spacial score (nSPS) is 10.4. The number of hydrogen-bond acceptors (Lipinski definition) is 3. The van der Waals surface area contributed by atoms with Crippen LogP contribution < -0.4 is 5.32 Å². The summed E-state index contributed by atoms with van der Waals surface area (Å²) in [5.74, 6) is 1.64. The van der Waals surface area contributed by atoms with Crippen molar-refractivity contribution in [2.24, 2.45) is 0 Å². The summed E-state index contributed by atoms with van der Waals surface area (Å²) in [4.78, 5) is 8.58. The van der Waals surface area contributed by atoms with Crippen molar-refractivity contribution in [2.75, 3.05) is 5.32 Å². The van der Waals surface area contributed by atoms with Gasteiger partial charge in [-0.1, -0.05) is 30.3 Å². The van der Waals surface area contributed by atoms with Crippen LogP contribution in [0.25, 0.3) is 10.8 Å². The predicted octanol–water partition coefficient (Wildman–Crippen LogP) is 3.37. The first-order valence-electron chi connectivity index (χ1n) is 5.45. The molecule has 0 amide bonds. The van der Waals surface area contributed by atoms with Gasteiger partial charge in [0, 0.05) is 17.8 Å². The zero-order chi connectivity index (χ0) is 11.5. The summed E-state index contributed by atoms with van der Waals surface area (Å²) in [6.45, 7) is 0. The highest BCUT2D eigenvalue weighted by Gasteiger charge is 2.01. The Labute approximate surface area is 99.2 Å². The van der Waals surface area contributed by atoms with E-state index in [9.17, 15) is 0 Å². The average Bonchev–Trinajstić information content (AvgIpc) is 2.40. The second kappa shape index (κ2) is 4.22. The van der Waals surface area contributed by atoms with Crippen LogP contribution in [0.1, 0.15) is 0 Å². The van der Waals surface area contributed by atoms with E-state index in [1.54, 1.807) is 12.4 Å². The molecule has 3 nitrogen and oxygen atoms in total. The van der Waals surface area contributed by atoms with E-state index in [0.29, 0.717) is 0 Å². The number of aromatic nitrogens is 2. The highest BCUT2D eigenvalue weighted by molar-refractivity contribution is 5.92. The van der Waals surface area contributed by atoms with Crippen molar-refractivity contribution in [1.82, 2.24) is 9.97 Å². The van der Waals surface area contributed by atoms with Gasteiger partial charge in [0.2, 0.25) is 0 Å². The van der Waals surface area contributed by atoms with E-state index in [1.807, 2.05) is 42.5 Å². The number of fused-ring (bicyclic) bond motifs is 1. The minimum absolute atomic E-state index is 0.802. The molecule has 2 heterocycles. The van der Waals surface area contributed by atoms with Crippen molar-refractivity contribution in [3.8, 4) is 0 Å². The molecule has 3 heteroatoms. The first kappa shape index (κ1) is 9.78. The SMILES string of the molecule is c1ccc(Nc2nccc3ccccc23)nc1. The highest BCUT2D eigenvalue weighted by Crippen LogP contribution is 2.22. The lowest BCUT2D eigenvalue weighted by atomic mass is 10.1. The standard InChI is InChI=1S/C14H11N3/c1-2-6-12-11(5-1)8-10-16-14(12)17-13-7-3-4-9-15-13/h1-10H,(H,15,16,17). The van der Waals surface area contributed by atoms with Crippen LogP contribution in [0.2, 0.25) is 0 Å². The maximum absolute atomic E-state index is 4.35. The minimum Gasteiger partial charge on any atom is -0.324 e. The monoisotopic (exact) mass is 221 g/mol. The number of benzene rings is 1. The average molecular weight is 221 g/mol. The predicted molar refractivity (Wildman–Crippen MR) is 69.3 cm³/mol. The van der Waals surface area contributed by atoms with Crippen LogP contribution in [0.3, 0.4) is 0 Å². The number of nitrogens with zero attached hydrogens (tertiary/aromatic N) is 2. The molecule has 0 saturated carbocycles. The summed E-state index contributed by atoms with van der Waals surface area (Å²) in [5, 5.41) is 5.49. The molecule has 0 saturated heterocycles. The second-order valence-electron chi connectivity index (χ2n) is 3.72. The van der Waals surface area contributed by atoms with Crippen molar-refractivity contribution in [3.05, 3.63) is 60.9 Å². The number of anilines is 2. The molecule has 0 fully saturated rings. The van der Waals surface area contributed by atoms with E-state index < -0.39 is 0 Å². The molecule has 0 aliphatic heterocycles. The number of pyridine rings is 2. The Kier molecular flexibility index (Phi) is 2.43. The van der Waals surface area contributed by atoms with Gasteiger partial charge >= 0.3 is 0 Å². The maximum atomic E-state index is 4.35. The van der Waals surface area contributed by atoms with Crippen LogP contribution >= 0.6 is 0 Å². The molecule has 1 N–H and O–H groups in total. The second-order valence-corrected chi connectivity index (χ2v) is 3.72. The summed E-state index contributed by atoms with van der Waals surface area (Å²) in [6.07, 6.45) is 3.56. The van der Waals surface area contributed by atoms with Gasteiger partial charge in [0.05, 0.1) is 0 Å². The summed E-state index contributed by atoms with van der Waals surface area (Å²) in [7, 11) is 0. The van der Waals surface area contributed by atoms with Crippen LogP contribution in [0.15, 0.2) is 60.9 Å². The van der Waals surface area contributed by atoms with Crippen molar-refractivity contribution < 1.29 is 0 Å². The Balaban J connectivity index is 2.06. The molecule has 0 aliphatic carbocycles. The van der Waals surface area contributed by atoms with Crippen molar-refractivity contribution >= 4 is 22.4 Å². The van der Waals surface area contributed by atoms with Crippen molar-refractivity contribution in [3.63, 3.8) is 0 Å². The molecule has 0 bridgehead atoms. The smallest absolute Gasteiger partial charge is 0.139 e. The fourth-order valence-corrected chi connectivity index (χ4v) is 1.78. The fraction of sp³-hybridized carbons (Fsp3) is 0. The Morgan fingerprint density at radius 2 is 1.65 bits per heavy atom. The van der Waals surface area contributed by atoms with Crippen LogP contribution in [0, 0.1) is 0 Å². The molecule has 0 spiro atoms. The summed E-state index contributed by atoms with van der Waals surface area (Å²) < 4.78 is 0. The molecule has 0 radical (unpaired) electrons. The molecule has 3 aromatic rings. The molecule has 3 rings (SSSR count). The van der Waals surface area contributed by atoms with Gasteiger partial charge in [0.25, 0.3) is 0 Å². The fourth-order valence-electron chi connectivity index (χ4n) is 1.78. The highest BCUT2D eigenvalue weighted by atomic mass is 15.0. The number of hydrogen-bond donors (Lipinski definition) is 1. The molecular weight excluding hydrogens is 210 g/mol. The van der Waals surface area contributed by atoms with Gasteiger partial charge in [0.15, 0.2) is 0 Å². The van der Waals surface area contributed by atoms with Crippen LogP contribution in [-0.2, 0) is 0 Å². The van der Waals surface area contributed by atoms with E-state index >= 15 is 0 Å². The van der Waals surface area contributed by atoms with E-state index in [1.165, 1.54) is 5.39 Å². The van der Waals surface area contributed by atoms with Gasteiger partial charge in [0.1, 0.15) is 11.6 Å². The lowest BCUT2D eigenvalue weighted by molar-refractivity contribution is 1.27. The number of rotatable bonds is 2. The molecule has 17 heavy (non-hydrogen) atoms. The third-order valence-corrected chi connectivity index (χ3v) is 2.59. The van der Waals surface area contributed by atoms with E-state index in [2.05, 4.69) is 21.4 Å². The van der Waals surface area contributed by atoms with E-state index in [-0.39, 0.29) is 0 Å². The Hall–Kier alpha value is -2.42. The maximum Gasteiger partial charge on any atom is 0.139 e. The van der Waals surface area contributed by atoms with Gasteiger partial charge in [-0.05, 0) is 23.6 Å². The first-order valence-corrected chi connectivity index (χ1v) is 5.45. The Bertz CT molecular complexity index is 630. The van der Waals surface area contributed by atoms with E-state index in [4.69, 9.17) is 0 Å². The Morgan fingerprint density at radius 1 is 0.765 bits per heavy atom. The minimum atomic E-state index is 0.802. The number of nitrogens with one attached hydrogen (secondary N) is 1. The van der Waals surface area contributed by atoms with Crippen molar-refractivity contribution in [1.29, 1.82) is 0 Å². The van der Waals surface area contributed by atoms with Gasteiger partial charge in [-0.3, -0.25) is 0 Å². The third-order valence-electron chi connectivity index (χ3n) is 2.59. The lowest BCUT2D eigenvalue weighted by Crippen LogP contribution is -1.95. The third kappa shape index (κ3) is 1.95. The van der Waals surface area contributed by atoms with Gasteiger partial charge in [-0.2, -0.15) is 0 Å². The summed E-state index contributed by atoms with van der Waals surface area (Å²) in [5.41, 5.74) is 0. The molecule has 2 aromatic heterocycles. The largest absolute Gasteiger partial charge is 0.324 e. The zero-order valence-corrected chi connectivity index (χ0v) is 9.17. The van der Waals surface area contributed by atoms with Gasteiger partial charge in [-0.25, -0.2) is 9.97 Å². The van der Waals surface area contributed by atoms with Gasteiger partial charge < -0.3 is 5.32 Å². The summed E-state index contributed by atoms with van der Waals surface area (Å²) >= 11 is 0.